The van der Waals surface area contributed by atoms with Crippen LogP contribution in [0.2, 0.25) is 6.04 Å². The van der Waals surface area contributed by atoms with Gasteiger partial charge >= 0.3 is 0 Å². The van der Waals surface area contributed by atoms with Gasteiger partial charge in [0, 0.05) is 6.54 Å². The van der Waals surface area contributed by atoms with Crippen molar-refractivity contribution in [1.82, 2.24) is 0 Å². The second-order valence-corrected chi connectivity index (χ2v) is 7.15. The molecule has 0 saturated heterocycles. The molecule has 2 rings (SSSR count). The molecule has 90 valence electrons. The molecule has 3 heteroatoms. The maximum absolute atomic E-state index is 10.2. The Labute approximate surface area is 109 Å². The summed E-state index contributed by atoms with van der Waals surface area (Å²) in [7, 11) is -1.25. The number of rotatable bonds is 5. The maximum atomic E-state index is 10.2. The van der Waals surface area contributed by atoms with E-state index in [2.05, 4.69) is 53.5 Å². The minimum Gasteiger partial charge on any atom is -0.211 e. The zero-order valence-corrected chi connectivity index (χ0v) is 11.3. The number of benzene rings is 2. The standard InChI is InChI=1S/C15H15NOSi/c17-13-16-11-12-18(14-7-3-1-4-8-14)15-9-5-2-6-10-15/h1-10,18H,11-12H2. The Hall–Kier alpha value is -1.96. The Bertz CT molecular complexity index is 481. The van der Waals surface area contributed by atoms with Crippen LogP contribution >= 0.6 is 0 Å². The maximum Gasteiger partial charge on any atom is 0.234 e. The second kappa shape index (κ2) is 6.69. The molecular weight excluding hydrogens is 238 g/mol. The van der Waals surface area contributed by atoms with Crippen molar-refractivity contribution in [2.24, 2.45) is 4.99 Å². The fourth-order valence-electron chi connectivity index (χ4n) is 2.14. The number of hydrogen-bond donors (Lipinski definition) is 0. The molecule has 0 N–H and O–H groups in total. The zero-order chi connectivity index (χ0) is 12.6. The van der Waals surface area contributed by atoms with Crippen molar-refractivity contribution in [3.63, 3.8) is 0 Å². The van der Waals surface area contributed by atoms with Crippen molar-refractivity contribution in [2.75, 3.05) is 6.54 Å². The fourth-order valence-corrected chi connectivity index (χ4v) is 4.95. The number of isocyanates is 1. The highest BCUT2D eigenvalue weighted by Gasteiger charge is 2.14. The third-order valence-electron chi connectivity index (χ3n) is 3.00. The van der Waals surface area contributed by atoms with Gasteiger partial charge in [-0.1, -0.05) is 71.0 Å². The number of nitrogens with zero attached hydrogens (tertiary/aromatic N) is 1. The third kappa shape index (κ3) is 3.26. The Morgan fingerprint density at radius 3 is 1.83 bits per heavy atom. The molecule has 0 saturated carbocycles. The lowest BCUT2D eigenvalue weighted by Crippen LogP contribution is -2.42. The van der Waals surface area contributed by atoms with Gasteiger partial charge in [-0.05, 0) is 6.04 Å². The van der Waals surface area contributed by atoms with Crippen LogP contribution in [0.1, 0.15) is 0 Å². The summed E-state index contributed by atoms with van der Waals surface area (Å²) in [6.45, 7) is 0.574. The molecule has 2 aromatic rings. The molecule has 0 atom stereocenters. The first-order valence-electron chi connectivity index (χ1n) is 6.05. The third-order valence-corrected chi connectivity index (χ3v) is 6.21. The van der Waals surface area contributed by atoms with Crippen LogP contribution in [-0.4, -0.2) is 21.4 Å². The Kier molecular flexibility index (Phi) is 4.65. The van der Waals surface area contributed by atoms with Crippen molar-refractivity contribution >= 4 is 25.3 Å². The zero-order valence-electron chi connectivity index (χ0n) is 10.1. The Morgan fingerprint density at radius 2 is 1.39 bits per heavy atom. The molecule has 0 radical (unpaired) electrons. The molecule has 0 aliphatic heterocycles. The predicted molar refractivity (Wildman–Crippen MR) is 77.1 cm³/mol. The molecule has 2 nitrogen and oxygen atoms in total. The van der Waals surface area contributed by atoms with Crippen LogP contribution in [0.15, 0.2) is 65.7 Å². The van der Waals surface area contributed by atoms with Crippen LogP contribution in [0.3, 0.4) is 0 Å². The van der Waals surface area contributed by atoms with Gasteiger partial charge in [-0.25, -0.2) is 9.79 Å². The smallest absolute Gasteiger partial charge is 0.211 e. The highest BCUT2D eigenvalue weighted by Crippen LogP contribution is 1.98. The van der Waals surface area contributed by atoms with Gasteiger partial charge in [-0.15, -0.1) is 0 Å². The van der Waals surface area contributed by atoms with E-state index in [4.69, 9.17) is 0 Å². The second-order valence-electron chi connectivity index (χ2n) is 4.14. The molecule has 0 aliphatic rings. The van der Waals surface area contributed by atoms with Crippen molar-refractivity contribution in [3.8, 4) is 0 Å². The van der Waals surface area contributed by atoms with Crippen LogP contribution in [0.4, 0.5) is 0 Å². The lowest BCUT2D eigenvalue weighted by molar-refractivity contribution is 0.563. The Balaban J connectivity index is 2.26. The summed E-state index contributed by atoms with van der Waals surface area (Å²) < 4.78 is 0. The minimum atomic E-state index is -1.25. The average Bonchev–Trinajstić information content (AvgIpc) is 2.46. The first kappa shape index (κ1) is 12.5. The molecule has 0 amide bonds. The van der Waals surface area contributed by atoms with Crippen molar-refractivity contribution in [2.45, 2.75) is 6.04 Å². The van der Waals surface area contributed by atoms with E-state index < -0.39 is 8.80 Å². The highest BCUT2D eigenvalue weighted by atomic mass is 28.3. The molecule has 0 aliphatic carbocycles. The largest absolute Gasteiger partial charge is 0.234 e. The minimum absolute atomic E-state index is 0.574. The van der Waals surface area contributed by atoms with E-state index in [1.165, 1.54) is 10.4 Å². The van der Waals surface area contributed by atoms with Crippen LogP contribution in [0, 0.1) is 0 Å². The first-order valence-corrected chi connectivity index (χ1v) is 8.02. The van der Waals surface area contributed by atoms with Gasteiger partial charge in [0.2, 0.25) is 6.08 Å². The van der Waals surface area contributed by atoms with Crippen LogP contribution in [-0.2, 0) is 4.79 Å². The van der Waals surface area contributed by atoms with E-state index in [1.807, 2.05) is 12.1 Å². The van der Waals surface area contributed by atoms with Crippen molar-refractivity contribution in [3.05, 3.63) is 60.7 Å². The fraction of sp³-hybridized carbons (Fsp3) is 0.133. The predicted octanol–water partition coefficient (Wildman–Crippen LogP) is 1.36. The van der Waals surface area contributed by atoms with Gasteiger partial charge in [-0.2, -0.15) is 0 Å². The molecular formula is C15H15NOSi. The van der Waals surface area contributed by atoms with Gasteiger partial charge in [0.25, 0.3) is 0 Å². The summed E-state index contributed by atoms with van der Waals surface area (Å²) in [5.74, 6) is 0. The van der Waals surface area contributed by atoms with Crippen molar-refractivity contribution < 1.29 is 4.79 Å². The quantitative estimate of drug-likeness (QED) is 0.449. The summed E-state index contributed by atoms with van der Waals surface area (Å²) in [6, 6.07) is 22.0. The normalized spacial score (nSPS) is 10.1. The SMILES string of the molecule is O=C=NCC[SiH](c1ccccc1)c1ccccc1. The molecule has 0 fully saturated rings. The number of hydrogen-bond acceptors (Lipinski definition) is 2. The lowest BCUT2D eigenvalue weighted by atomic mass is 10.4. The number of carbonyl (C=O) groups excluding carboxylic acids is 1. The molecule has 18 heavy (non-hydrogen) atoms. The Morgan fingerprint density at radius 1 is 0.889 bits per heavy atom. The summed E-state index contributed by atoms with van der Waals surface area (Å²) in [5.41, 5.74) is 0. The summed E-state index contributed by atoms with van der Waals surface area (Å²) in [4.78, 5) is 13.9. The summed E-state index contributed by atoms with van der Waals surface area (Å²) in [6.07, 6.45) is 1.62. The van der Waals surface area contributed by atoms with Gasteiger partial charge in [-0.3, -0.25) is 0 Å². The van der Waals surface area contributed by atoms with Gasteiger partial charge in [0.1, 0.15) is 8.80 Å². The van der Waals surface area contributed by atoms with Crippen LogP contribution in [0.5, 0.6) is 0 Å². The summed E-state index contributed by atoms with van der Waals surface area (Å²) in [5, 5.41) is 2.79. The van der Waals surface area contributed by atoms with E-state index in [-0.39, 0.29) is 0 Å². The van der Waals surface area contributed by atoms with Crippen LogP contribution < -0.4 is 10.4 Å². The lowest BCUT2D eigenvalue weighted by Gasteiger charge is -2.14. The average molecular weight is 253 g/mol. The summed E-state index contributed by atoms with van der Waals surface area (Å²) >= 11 is 0. The topological polar surface area (TPSA) is 29.4 Å². The monoisotopic (exact) mass is 253 g/mol. The van der Waals surface area contributed by atoms with E-state index in [1.54, 1.807) is 6.08 Å². The molecule has 2 aromatic carbocycles. The van der Waals surface area contributed by atoms with Gasteiger partial charge in [0.05, 0.1) is 0 Å². The van der Waals surface area contributed by atoms with Gasteiger partial charge in [0.15, 0.2) is 0 Å². The molecule has 0 aromatic heterocycles. The van der Waals surface area contributed by atoms with E-state index in [0.29, 0.717) is 6.54 Å². The van der Waals surface area contributed by atoms with Crippen molar-refractivity contribution in [1.29, 1.82) is 0 Å². The van der Waals surface area contributed by atoms with E-state index in [0.717, 1.165) is 6.04 Å². The van der Waals surface area contributed by atoms with E-state index in [9.17, 15) is 4.79 Å². The molecule has 0 unspecified atom stereocenters. The van der Waals surface area contributed by atoms with Crippen LogP contribution in [0.25, 0.3) is 0 Å². The first-order chi connectivity index (χ1) is 8.92. The molecule has 0 heterocycles. The molecule has 0 bridgehead atoms. The number of aliphatic imine (C=N–C) groups is 1. The van der Waals surface area contributed by atoms with Gasteiger partial charge < -0.3 is 0 Å². The molecule has 0 spiro atoms. The highest BCUT2D eigenvalue weighted by molar-refractivity contribution is 6.85. The van der Waals surface area contributed by atoms with E-state index >= 15 is 0 Å².